The molecule has 0 atom stereocenters. The third-order valence-corrected chi connectivity index (χ3v) is 3.98. The number of non-ortho nitro benzene ring substituents is 1. The van der Waals surface area contributed by atoms with Crippen LogP contribution in [0.4, 0.5) is 5.69 Å². The van der Waals surface area contributed by atoms with Gasteiger partial charge in [-0.15, -0.1) is 0 Å². The molecule has 7 heteroatoms. The molecule has 1 N–H and O–H groups in total. The molecule has 0 aromatic heterocycles. The second kappa shape index (κ2) is 6.82. The van der Waals surface area contributed by atoms with Crippen LogP contribution in [0.15, 0.2) is 51.4 Å². The Kier molecular flexibility index (Phi) is 5.08. The molecular formula is C14H10Br2N2O3. The SMILES string of the molecule is O=C(NCc1ccccc1Br)c1cc(Br)cc([N+](=O)[O-])c1. The first-order chi connectivity index (χ1) is 9.97. The number of carbonyl (C=O) groups is 1. The van der Waals surface area contributed by atoms with Crippen molar-refractivity contribution in [2.45, 2.75) is 6.54 Å². The van der Waals surface area contributed by atoms with Crippen molar-refractivity contribution in [2.75, 3.05) is 0 Å². The number of nitrogens with zero attached hydrogens (tertiary/aromatic N) is 1. The van der Waals surface area contributed by atoms with E-state index in [1.165, 1.54) is 12.1 Å². The third kappa shape index (κ3) is 4.12. The Labute approximate surface area is 137 Å². The number of amides is 1. The Hall–Kier alpha value is -1.73. The first-order valence-corrected chi connectivity index (χ1v) is 7.52. The number of hydrogen-bond donors (Lipinski definition) is 1. The third-order valence-electron chi connectivity index (χ3n) is 2.75. The summed E-state index contributed by atoms with van der Waals surface area (Å²) in [6, 6.07) is 11.7. The Balaban J connectivity index is 2.14. The van der Waals surface area contributed by atoms with E-state index in [1.807, 2.05) is 24.3 Å². The molecular weight excluding hydrogens is 404 g/mol. The highest BCUT2D eigenvalue weighted by Crippen LogP contribution is 2.21. The van der Waals surface area contributed by atoms with Crippen molar-refractivity contribution in [3.63, 3.8) is 0 Å². The van der Waals surface area contributed by atoms with E-state index in [0.29, 0.717) is 11.0 Å². The van der Waals surface area contributed by atoms with Crippen molar-refractivity contribution in [2.24, 2.45) is 0 Å². The zero-order valence-corrected chi connectivity index (χ0v) is 13.8. The number of rotatable bonds is 4. The number of carbonyl (C=O) groups excluding carboxylic acids is 1. The summed E-state index contributed by atoms with van der Waals surface area (Å²) in [7, 11) is 0. The minimum absolute atomic E-state index is 0.129. The van der Waals surface area contributed by atoms with Crippen LogP contribution >= 0.6 is 31.9 Å². The van der Waals surface area contributed by atoms with E-state index in [1.54, 1.807) is 6.07 Å². The lowest BCUT2D eigenvalue weighted by atomic mass is 10.1. The molecule has 0 aliphatic rings. The summed E-state index contributed by atoms with van der Waals surface area (Å²) in [5.74, 6) is -0.366. The van der Waals surface area contributed by atoms with Gasteiger partial charge in [-0.3, -0.25) is 14.9 Å². The Morgan fingerprint density at radius 1 is 1.19 bits per heavy atom. The quantitative estimate of drug-likeness (QED) is 0.607. The maximum Gasteiger partial charge on any atom is 0.271 e. The van der Waals surface area contributed by atoms with Gasteiger partial charge in [0.05, 0.1) is 4.92 Å². The molecule has 0 saturated heterocycles. The predicted molar refractivity (Wildman–Crippen MR) is 86.1 cm³/mol. The molecule has 0 spiro atoms. The minimum atomic E-state index is -0.532. The van der Waals surface area contributed by atoms with Gasteiger partial charge in [-0.1, -0.05) is 50.1 Å². The van der Waals surface area contributed by atoms with Crippen LogP contribution in [0.3, 0.4) is 0 Å². The average Bonchev–Trinajstić information content (AvgIpc) is 2.45. The number of nitro groups is 1. The van der Waals surface area contributed by atoms with Crippen LogP contribution in [0.1, 0.15) is 15.9 Å². The standard InChI is InChI=1S/C14H10Br2N2O3/c15-11-5-10(6-12(7-11)18(20)21)14(19)17-8-9-3-1-2-4-13(9)16/h1-7H,8H2,(H,17,19). The summed E-state index contributed by atoms with van der Waals surface area (Å²) in [5.41, 5.74) is 1.04. The van der Waals surface area contributed by atoms with Crippen molar-refractivity contribution in [3.8, 4) is 0 Å². The number of nitrogens with one attached hydrogen (secondary N) is 1. The number of benzene rings is 2. The van der Waals surface area contributed by atoms with E-state index in [-0.39, 0.29) is 17.2 Å². The van der Waals surface area contributed by atoms with Crippen molar-refractivity contribution < 1.29 is 9.72 Å². The average molecular weight is 414 g/mol. The molecule has 0 radical (unpaired) electrons. The highest BCUT2D eigenvalue weighted by atomic mass is 79.9. The van der Waals surface area contributed by atoms with Crippen LogP contribution in [0.25, 0.3) is 0 Å². The van der Waals surface area contributed by atoms with E-state index in [9.17, 15) is 14.9 Å². The lowest BCUT2D eigenvalue weighted by Gasteiger charge is -2.07. The van der Waals surface area contributed by atoms with Gasteiger partial charge in [0.1, 0.15) is 0 Å². The molecule has 0 fully saturated rings. The van der Waals surface area contributed by atoms with Gasteiger partial charge in [0, 0.05) is 33.2 Å². The molecule has 108 valence electrons. The van der Waals surface area contributed by atoms with Gasteiger partial charge in [-0.05, 0) is 17.7 Å². The fourth-order valence-electron chi connectivity index (χ4n) is 1.73. The lowest BCUT2D eigenvalue weighted by molar-refractivity contribution is -0.385. The number of nitro benzene ring substituents is 1. The Bertz CT molecular complexity index is 704. The Morgan fingerprint density at radius 2 is 1.90 bits per heavy atom. The Morgan fingerprint density at radius 3 is 2.57 bits per heavy atom. The minimum Gasteiger partial charge on any atom is -0.348 e. The van der Waals surface area contributed by atoms with Gasteiger partial charge in [-0.2, -0.15) is 0 Å². The van der Waals surface area contributed by atoms with E-state index >= 15 is 0 Å². The largest absolute Gasteiger partial charge is 0.348 e. The molecule has 0 aliphatic heterocycles. The van der Waals surface area contributed by atoms with Gasteiger partial charge in [0.15, 0.2) is 0 Å². The van der Waals surface area contributed by atoms with Crippen LogP contribution in [0.2, 0.25) is 0 Å². The van der Waals surface area contributed by atoms with Gasteiger partial charge in [0.25, 0.3) is 11.6 Å². The van der Waals surface area contributed by atoms with Crippen molar-refractivity contribution in [1.29, 1.82) is 0 Å². The topological polar surface area (TPSA) is 72.2 Å². The van der Waals surface area contributed by atoms with E-state index in [0.717, 1.165) is 10.0 Å². The molecule has 2 rings (SSSR count). The van der Waals surface area contributed by atoms with Gasteiger partial charge < -0.3 is 5.32 Å². The van der Waals surface area contributed by atoms with Crippen LogP contribution in [0, 0.1) is 10.1 Å². The highest BCUT2D eigenvalue weighted by molar-refractivity contribution is 9.10. The van der Waals surface area contributed by atoms with Gasteiger partial charge >= 0.3 is 0 Å². The molecule has 2 aromatic carbocycles. The summed E-state index contributed by atoms with van der Waals surface area (Å²) in [4.78, 5) is 22.4. The lowest BCUT2D eigenvalue weighted by Crippen LogP contribution is -2.23. The maximum atomic E-state index is 12.1. The van der Waals surface area contributed by atoms with Crippen molar-refractivity contribution >= 4 is 43.5 Å². The summed E-state index contributed by atoms with van der Waals surface area (Å²) < 4.78 is 1.38. The first-order valence-electron chi connectivity index (χ1n) is 5.94. The molecule has 0 bridgehead atoms. The fraction of sp³-hybridized carbons (Fsp3) is 0.0714. The molecule has 21 heavy (non-hydrogen) atoms. The molecule has 0 aliphatic carbocycles. The molecule has 5 nitrogen and oxygen atoms in total. The van der Waals surface area contributed by atoms with Crippen LogP contribution in [-0.4, -0.2) is 10.8 Å². The molecule has 0 heterocycles. The van der Waals surface area contributed by atoms with E-state index in [2.05, 4.69) is 37.2 Å². The number of halogens is 2. The second-order valence-electron chi connectivity index (χ2n) is 4.23. The van der Waals surface area contributed by atoms with Crippen LogP contribution < -0.4 is 5.32 Å². The number of hydrogen-bond acceptors (Lipinski definition) is 3. The zero-order valence-electron chi connectivity index (χ0n) is 10.7. The first kappa shape index (κ1) is 15.7. The van der Waals surface area contributed by atoms with Gasteiger partial charge in [-0.25, -0.2) is 0 Å². The molecule has 0 saturated carbocycles. The summed E-state index contributed by atoms with van der Waals surface area (Å²) in [5, 5.41) is 13.5. The van der Waals surface area contributed by atoms with E-state index < -0.39 is 4.92 Å². The molecule has 2 aromatic rings. The monoisotopic (exact) mass is 412 g/mol. The smallest absolute Gasteiger partial charge is 0.271 e. The highest BCUT2D eigenvalue weighted by Gasteiger charge is 2.13. The summed E-state index contributed by atoms with van der Waals surface area (Å²) in [6.07, 6.45) is 0. The normalized spacial score (nSPS) is 10.2. The van der Waals surface area contributed by atoms with Crippen molar-refractivity contribution in [3.05, 3.63) is 72.7 Å². The van der Waals surface area contributed by atoms with Gasteiger partial charge in [0.2, 0.25) is 0 Å². The predicted octanol–water partition coefficient (Wildman–Crippen LogP) is 4.05. The molecule has 1 amide bonds. The fourth-order valence-corrected chi connectivity index (χ4v) is 2.64. The maximum absolute atomic E-state index is 12.1. The van der Waals surface area contributed by atoms with Crippen molar-refractivity contribution in [1.82, 2.24) is 5.32 Å². The van der Waals surface area contributed by atoms with Crippen LogP contribution in [-0.2, 0) is 6.54 Å². The van der Waals surface area contributed by atoms with Crippen LogP contribution in [0.5, 0.6) is 0 Å². The summed E-state index contributed by atoms with van der Waals surface area (Å²) in [6.45, 7) is 0.334. The molecule has 0 unspecified atom stereocenters. The summed E-state index contributed by atoms with van der Waals surface area (Å²) >= 11 is 6.56. The zero-order chi connectivity index (χ0) is 15.4. The van der Waals surface area contributed by atoms with E-state index in [4.69, 9.17) is 0 Å². The second-order valence-corrected chi connectivity index (χ2v) is 6.00.